The highest BCUT2D eigenvalue weighted by molar-refractivity contribution is 6.69. The van der Waals surface area contributed by atoms with Crippen molar-refractivity contribution in [1.82, 2.24) is 0 Å². The van der Waals surface area contributed by atoms with Gasteiger partial charge in [-0.25, -0.2) is 0 Å². The lowest BCUT2D eigenvalue weighted by Gasteiger charge is -2.11. The van der Waals surface area contributed by atoms with E-state index in [1.54, 1.807) is 0 Å². The van der Waals surface area contributed by atoms with Gasteiger partial charge in [-0.2, -0.15) is 0 Å². The summed E-state index contributed by atoms with van der Waals surface area (Å²) in [6.07, 6.45) is 18.9. The van der Waals surface area contributed by atoms with E-state index in [0.29, 0.717) is 0 Å². The van der Waals surface area contributed by atoms with Gasteiger partial charge < -0.3 is 0 Å². The number of allylic oxidation sites excluding steroid dienone is 4. The van der Waals surface area contributed by atoms with Gasteiger partial charge in [0.25, 0.3) is 0 Å². The predicted molar refractivity (Wildman–Crippen MR) is 73.3 cm³/mol. The molecule has 78 valence electrons. The van der Waals surface area contributed by atoms with Crippen molar-refractivity contribution in [1.29, 1.82) is 0 Å². The molecule has 1 aromatic carbocycles. The van der Waals surface area contributed by atoms with Crippen molar-refractivity contribution in [2.24, 2.45) is 0 Å². The van der Waals surface area contributed by atoms with Crippen molar-refractivity contribution in [2.45, 2.75) is 6.42 Å². The van der Waals surface area contributed by atoms with Gasteiger partial charge in [0.15, 0.2) is 0 Å². The topological polar surface area (TPSA) is 0 Å². The Morgan fingerprint density at radius 3 is 2.41 bits per heavy atom. The van der Waals surface area contributed by atoms with Gasteiger partial charge in [0.05, 0.1) is 0 Å². The molecule has 0 nitrogen and oxygen atoms in total. The van der Waals surface area contributed by atoms with E-state index in [0.717, 1.165) is 17.6 Å². The third-order valence-electron chi connectivity index (χ3n) is 2.61. The summed E-state index contributed by atoms with van der Waals surface area (Å²) in [5.41, 5.74) is 1.74. The second-order valence-electron chi connectivity index (χ2n) is 3.78. The zero-order valence-corrected chi connectivity index (χ0v) is 10.5. The van der Waals surface area contributed by atoms with E-state index in [4.69, 9.17) is 12.8 Å². The largest absolute Gasteiger partial charge is 0.0623 e. The molecule has 0 aliphatic heterocycles. The van der Waals surface area contributed by atoms with E-state index < -0.39 is 0 Å². The second kappa shape index (κ2) is 5.30. The zero-order valence-electron chi connectivity index (χ0n) is 9.33. The molecule has 0 amide bonds. The Morgan fingerprint density at radius 1 is 1.00 bits per heavy atom. The summed E-state index contributed by atoms with van der Waals surface area (Å²) in [6, 6.07) is 10.3. The summed E-state index contributed by atoms with van der Waals surface area (Å²) in [6.45, 7) is 0. The number of hydrogen-bond acceptors (Lipinski definition) is 0. The lowest BCUT2D eigenvalue weighted by Crippen LogP contribution is -2.19. The Hall–Kier alpha value is -2.09. The van der Waals surface area contributed by atoms with Gasteiger partial charge in [0, 0.05) is 26.7 Å². The first-order chi connectivity index (χ1) is 8.33. The molecule has 0 saturated heterocycles. The van der Waals surface area contributed by atoms with Gasteiger partial charge >= 0.3 is 0 Å². The van der Waals surface area contributed by atoms with Crippen molar-refractivity contribution >= 4 is 19.5 Å². The molecule has 1 aliphatic rings. The highest BCUT2D eigenvalue weighted by Crippen LogP contribution is 2.13. The van der Waals surface area contributed by atoms with Gasteiger partial charge in [-0.05, 0) is 35.4 Å². The summed E-state index contributed by atoms with van der Waals surface area (Å²) in [5, 5.41) is 2.51. The van der Waals surface area contributed by atoms with Crippen LogP contribution >= 0.6 is 0 Å². The quantitative estimate of drug-likeness (QED) is 0.505. The fourth-order valence-corrected chi connectivity index (χ4v) is 3.20. The summed E-state index contributed by atoms with van der Waals surface area (Å²) in [4.78, 5) is 0. The maximum atomic E-state index is 7.29. The highest BCUT2D eigenvalue weighted by atomic mass is 28.2. The molecule has 0 saturated carbocycles. The Balaban J connectivity index is 2.38. The van der Waals surface area contributed by atoms with Crippen LogP contribution in [0.5, 0.6) is 0 Å². The number of rotatable bonds is 1. The molecule has 2 rings (SSSR count). The molecule has 1 aliphatic carbocycles. The third kappa shape index (κ3) is 2.72. The highest BCUT2D eigenvalue weighted by Gasteiger charge is 2.09. The van der Waals surface area contributed by atoms with Gasteiger partial charge in [-0.1, -0.05) is 42.2 Å². The maximum absolute atomic E-state index is 7.29. The minimum Gasteiger partial charge on any atom is -0.0623 e. The molecule has 2 radical (unpaired) electrons. The molecular weight excluding hydrogens is 220 g/mol. The molecular formula is C16H10Si. The van der Waals surface area contributed by atoms with Crippen LogP contribution in [-0.2, 0) is 0 Å². The Bertz CT molecular complexity index is 587. The molecule has 0 aromatic heterocycles. The average Bonchev–Trinajstić information content (AvgIpc) is 2.40. The van der Waals surface area contributed by atoms with Crippen LogP contribution in [0.25, 0.3) is 0 Å². The minimum atomic E-state index is -0.0118. The predicted octanol–water partition coefficient (Wildman–Crippen LogP) is 1.36. The third-order valence-corrected chi connectivity index (χ3v) is 4.20. The zero-order chi connectivity index (χ0) is 12.1. The van der Waals surface area contributed by atoms with Crippen molar-refractivity contribution in [3.63, 3.8) is 0 Å². The molecule has 0 heterocycles. The van der Waals surface area contributed by atoms with Crippen LogP contribution in [0, 0.1) is 24.7 Å². The van der Waals surface area contributed by atoms with Crippen LogP contribution in [0.3, 0.4) is 0 Å². The van der Waals surface area contributed by atoms with E-state index in [1.807, 2.05) is 30.4 Å². The van der Waals surface area contributed by atoms with Crippen molar-refractivity contribution in [2.75, 3.05) is 0 Å². The number of benzene rings is 1. The first-order valence-electron chi connectivity index (χ1n) is 5.36. The summed E-state index contributed by atoms with van der Waals surface area (Å²) < 4.78 is 0. The van der Waals surface area contributed by atoms with E-state index in [2.05, 4.69) is 24.0 Å². The fraction of sp³-hybridized carbons (Fsp3) is 0.0625. The van der Waals surface area contributed by atoms with Gasteiger partial charge in [-0.15, -0.1) is 0 Å². The Labute approximate surface area is 105 Å². The molecule has 0 spiro atoms. The van der Waals surface area contributed by atoms with Crippen LogP contribution in [0.4, 0.5) is 0 Å². The smallest absolute Gasteiger partial charge is 0.0353 e. The van der Waals surface area contributed by atoms with Crippen molar-refractivity contribution in [3.05, 3.63) is 66.5 Å². The van der Waals surface area contributed by atoms with Crippen LogP contribution < -0.4 is 5.19 Å². The van der Waals surface area contributed by atoms with E-state index in [-0.39, 0.29) is 9.13 Å². The molecule has 17 heavy (non-hydrogen) atoms. The van der Waals surface area contributed by atoms with Crippen LogP contribution in [0.1, 0.15) is 6.42 Å². The minimum absolute atomic E-state index is 0.0118. The average molecular weight is 230 g/mol. The summed E-state index contributed by atoms with van der Waals surface area (Å²) >= 11 is 0. The molecule has 0 atom stereocenters. The Morgan fingerprint density at radius 2 is 1.76 bits per heavy atom. The van der Waals surface area contributed by atoms with Gasteiger partial charge in [0.1, 0.15) is 0 Å². The molecule has 1 aromatic rings. The van der Waals surface area contributed by atoms with Crippen molar-refractivity contribution < 1.29 is 0 Å². The first-order valence-corrected chi connectivity index (χ1v) is 6.51. The lowest BCUT2D eigenvalue weighted by molar-refractivity contribution is 1.38. The molecule has 1 heteroatoms. The Kier molecular flexibility index (Phi) is 3.55. The molecule has 0 unspecified atom stereocenters. The fourth-order valence-electron chi connectivity index (χ4n) is 1.74. The summed E-state index contributed by atoms with van der Waals surface area (Å²) in [5.74, 6) is 4.91. The lowest BCUT2D eigenvalue weighted by atomic mass is 9.99. The standard InChI is InChI=1S/C16H10Si/c1-3-13-10-11-14(4-2)16(12-13)17-15-8-6-5-7-9-15/h5-11,17H,12H2. The van der Waals surface area contributed by atoms with Crippen LogP contribution in [0.2, 0.25) is 0 Å². The van der Waals surface area contributed by atoms with Crippen molar-refractivity contribution in [3.8, 4) is 11.8 Å². The van der Waals surface area contributed by atoms with E-state index in [9.17, 15) is 0 Å². The first kappa shape index (κ1) is 11.4. The molecule has 0 bridgehead atoms. The SMILES string of the molecule is [C]#CC1=CC=C(C#[C])C(=[SiH]c2ccccc2)C1. The second-order valence-corrected chi connectivity index (χ2v) is 5.43. The van der Waals surface area contributed by atoms with Gasteiger partial charge in [-0.3, -0.25) is 0 Å². The summed E-state index contributed by atoms with van der Waals surface area (Å²) in [7, 11) is -0.0118. The van der Waals surface area contributed by atoms with E-state index in [1.165, 1.54) is 10.4 Å². The maximum Gasteiger partial charge on any atom is 0.0353 e. The van der Waals surface area contributed by atoms with Crippen LogP contribution in [0.15, 0.2) is 53.6 Å². The monoisotopic (exact) mass is 230 g/mol. The molecule has 0 fully saturated rings. The normalized spacial score (nSPS) is 16.7. The van der Waals surface area contributed by atoms with Gasteiger partial charge in [0.2, 0.25) is 0 Å². The molecule has 0 N–H and O–H groups in total. The van der Waals surface area contributed by atoms with E-state index >= 15 is 0 Å². The number of hydrogen-bond donors (Lipinski definition) is 0. The van der Waals surface area contributed by atoms with Crippen LogP contribution in [-0.4, -0.2) is 14.3 Å².